The first-order chi connectivity index (χ1) is 14.3. The van der Waals surface area contributed by atoms with E-state index in [1.165, 1.54) is 18.6 Å². The molecule has 3 aromatic rings. The van der Waals surface area contributed by atoms with Gasteiger partial charge in [0.05, 0.1) is 34.1 Å². The average molecular weight is 451 g/mol. The Balaban J connectivity index is 2.13. The van der Waals surface area contributed by atoms with Gasteiger partial charge >= 0.3 is 7.60 Å². The van der Waals surface area contributed by atoms with Crippen LogP contribution in [0.25, 0.3) is 22.4 Å². The van der Waals surface area contributed by atoms with Gasteiger partial charge in [0.1, 0.15) is 0 Å². The van der Waals surface area contributed by atoms with Crippen LogP contribution in [0.3, 0.4) is 0 Å². The summed E-state index contributed by atoms with van der Waals surface area (Å²) in [5.74, 6) is 2.05. The maximum atomic E-state index is 11.8. The molecule has 0 aliphatic carbocycles. The van der Waals surface area contributed by atoms with Crippen molar-refractivity contribution in [3.63, 3.8) is 0 Å². The van der Waals surface area contributed by atoms with Crippen molar-refractivity contribution in [3.8, 4) is 51.1 Å². The van der Waals surface area contributed by atoms with Gasteiger partial charge in [-0.2, -0.15) is 4.37 Å². The van der Waals surface area contributed by atoms with Crippen molar-refractivity contribution in [3.05, 3.63) is 35.7 Å². The summed E-state index contributed by atoms with van der Waals surface area (Å²) in [5.41, 5.74) is 3.02. The molecule has 0 amide bonds. The van der Waals surface area contributed by atoms with E-state index in [0.717, 1.165) is 17.8 Å². The first-order valence-electron chi connectivity index (χ1n) is 8.74. The van der Waals surface area contributed by atoms with Crippen LogP contribution in [-0.2, 0) is 4.57 Å². The Morgan fingerprint density at radius 2 is 1.47 bits per heavy atom. The number of benzene rings is 2. The molecule has 1 heterocycles. The number of rotatable bonds is 8. The molecule has 0 aliphatic rings. The number of methoxy groups -OCH3 is 4. The normalized spacial score (nSPS) is 12.7. The Hall–Kier alpha value is -2.74. The summed E-state index contributed by atoms with van der Waals surface area (Å²) in [6, 6.07) is 8.77. The molecular formula is C20H22NO7PS. The van der Waals surface area contributed by atoms with Crippen molar-refractivity contribution in [2.24, 2.45) is 0 Å². The first kappa shape index (κ1) is 22.0. The molecule has 0 radical (unpaired) electrons. The van der Waals surface area contributed by atoms with Crippen molar-refractivity contribution in [2.45, 2.75) is 0 Å². The molecule has 0 spiro atoms. The molecule has 0 bridgehead atoms. The van der Waals surface area contributed by atoms with Crippen LogP contribution in [-0.4, -0.2) is 44.4 Å². The number of hydrogen-bond donors (Lipinski definition) is 1. The van der Waals surface area contributed by atoms with Gasteiger partial charge in [0.25, 0.3) is 0 Å². The smallest absolute Gasteiger partial charge is 0.373 e. The topological polar surface area (TPSA) is 96.3 Å². The summed E-state index contributed by atoms with van der Waals surface area (Å²) in [7, 11) is 2.35. The number of aromatic nitrogens is 1. The third kappa shape index (κ3) is 4.53. The maximum absolute atomic E-state index is 11.8. The van der Waals surface area contributed by atoms with Crippen LogP contribution in [0.1, 0.15) is 0 Å². The predicted octanol–water partition coefficient (Wildman–Crippen LogP) is 4.71. The fraction of sp³-hybridized carbons (Fsp3) is 0.250. The van der Waals surface area contributed by atoms with E-state index in [1.807, 2.05) is 17.5 Å². The van der Waals surface area contributed by atoms with Gasteiger partial charge in [0.15, 0.2) is 23.0 Å². The van der Waals surface area contributed by atoms with Gasteiger partial charge in [-0.15, -0.1) is 0 Å². The van der Waals surface area contributed by atoms with E-state index in [1.54, 1.807) is 39.5 Å². The van der Waals surface area contributed by atoms with Crippen molar-refractivity contribution < 1.29 is 32.9 Å². The average Bonchev–Trinajstić information content (AvgIpc) is 3.21. The van der Waals surface area contributed by atoms with Crippen LogP contribution in [0.2, 0.25) is 0 Å². The number of ether oxygens (including phenoxy) is 4. The molecule has 8 nitrogen and oxygen atoms in total. The van der Waals surface area contributed by atoms with Crippen LogP contribution in [0.4, 0.5) is 0 Å². The number of nitrogens with zero attached hydrogens (tertiary/aromatic N) is 1. The SMILES string of the molecule is COc1ccc(-c2nscc2-c2cc(OC)c(OC)c(OC)c2)cc1OP(C)(=O)O. The highest BCUT2D eigenvalue weighted by atomic mass is 32.1. The molecule has 3 rings (SSSR count). The molecule has 1 atom stereocenters. The minimum atomic E-state index is -3.77. The van der Waals surface area contributed by atoms with Crippen molar-refractivity contribution >= 4 is 19.1 Å². The third-order valence-corrected chi connectivity index (χ3v) is 5.41. The van der Waals surface area contributed by atoms with E-state index in [-0.39, 0.29) is 5.75 Å². The fourth-order valence-corrected chi connectivity index (χ4v) is 4.19. The predicted molar refractivity (Wildman–Crippen MR) is 116 cm³/mol. The molecule has 0 saturated heterocycles. The van der Waals surface area contributed by atoms with Gasteiger partial charge in [-0.25, -0.2) is 4.57 Å². The monoisotopic (exact) mass is 451 g/mol. The molecule has 1 N–H and O–H groups in total. The van der Waals surface area contributed by atoms with Gasteiger partial charge in [0.2, 0.25) is 5.75 Å². The Morgan fingerprint density at radius 3 is 2.00 bits per heavy atom. The van der Waals surface area contributed by atoms with E-state index < -0.39 is 7.60 Å². The minimum absolute atomic E-state index is 0.159. The lowest BCUT2D eigenvalue weighted by molar-refractivity contribution is 0.324. The Kier molecular flexibility index (Phi) is 6.55. The van der Waals surface area contributed by atoms with Crippen LogP contribution < -0.4 is 23.5 Å². The van der Waals surface area contributed by atoms with E-state index in [4.69, 9.17) is 23.5 Å². The van der Waals surface area contributed by atoms with Gasteiger partial charge in [-0.05, 0) is 47.4 Å². The standard InChI is InChI=1S/C20H22NO7PS/c1-24-15-7-6-12(8-16(15)28-29(5,22)23)19-14(11-30-21-19)13-9-17(25-2)20(27-4)18(10-13)26-3/h6-11H,1-5H3,(H,22,23). The summed E-state index contributed by atoms with van der Waals surface area (Å²) in [6.07, 6.45) is 0. The maximum Gasteiger partial charge on any atom is 0.373 e. The molecule has 10 heteroatoms. The minimum Gasteiger partial charge on any atom is -0.493 e. The van der Waals surface area contributed by atoms with Crippen molar-refractivity contribution in [2.75, 3.05) is 35.1 Å². The molecule has 1 unspecified atom stereocenters. The molecule has 0 saturated carbocycles. The van der Waals surface area contributed by atoms with E-state index >= 15 is 0 Å². The van der Waals surface area contributed by atoms with E-state index in [9.17, 15) is 9.46 Å². The van der Waals surface area contributed by atoms with Gasteiger partial charge in [-0.3, -0.25) is 0 Å². The lowest BCUT2D eigenvalue weighted by Crippen LogP contribution is -1.96. The lowest BCUT2D eigenvalue weighted by Gasteiger charge is -2.15. The summed E-state index contributed by atoms with van der Waals surface area (Å²) < 4.78 is 43.0. The summed E-state index contributed by atoms with van der Waals surface area (Å²) in [5, 5.41) is 1.90. The van der Waals surface area contributed by atoms with Crippen LogP contribution >= 0.6 is 19.1 Å². The second kappa shape index (κ2) is 8.95. The van der Waals surface area contributed by atoms with E-state index in [0.29, 0.717) is 34.3 Å². The molecule has 0 fully saturated rings. The van der Waals surface area contributed by atoms with Gasteiger partial charge < -0.3 is 28.4 Å². The van der Waals surface area contributed by atoms with E-state index in [2.05, 4.69) is 4.37 Å². The second-order valence-electron chi connectivity index (χ2n) is 6.25. The molecule has 1 aromatic heterocycles. The van der Waals surface area contributed by atoms with Gasteiger partial charge in [0, 0.05) is 23.2 Å². The van der Waals surface area contributed by atoms with Crippen LogP contribution in [0.5, 0.6) is 28.7 Å². The van der Waals surface area contributed by atoms with Crippen LogP contribution in [0.15, 0.2) is 35.7 Å². The quantitative estimate of drug-likeness (QED) is 0.492. The zero-order chi connectivity index (χ0) is 21.9. The summed E-state index contributed by atoms with van der Waals surface area (Å²) in [6.45, 7) is 1.11. The molecule has 0 aliphatic heterocycles. The number of hydrogen-bond acceptors (Lipinski definition) is 8. The Morgan fingerprint density at radius 1 is 0.867 bits per heavy atom. The molecule has 30 heavy (non-hydrogen) atoms. The zero-order valence-electron chi connectivity index (χ0n) is 17.2. The fourth-order valence-electron chi connectivity index (χ4n) is 2.96. The highest BCUT2D eigenvalue weighted by Crippen LogP contribution is 2.46. The molecule has 2 aromatic carbocycles. The van der Waals surface area contributed by atoms with Crippen LogP contribution in [0, 0.1) is 0 Å². The Bertz CT molecular complexity index is 1070. The first-order valence-corrected chi connectivity index (χ1v) is 11.6. The molecular weight excluding hydrogens is 429 g/mol. The van der Waals surface area contributed by atoms with Crippen molar-refractivity contribution in [1.29, 1.82) is 0 Å². The highest BCUT2D eigenvalue weighted by Gasteiger charge is 2.20. The second-order valence-corrected chi connectivity index (χ2v) is 8.67. The van der Waals surface area contributed by atoms with Crippen molar-refractivity contribution in [1.82, 2.24) is 4.37 Å². The summed E-state index contributed by atoms with van der Waals surface area (Å²) in [4.78, 5) is 9.63. The summed E-state index contributed by atoms with van der Waals surface area (Å²) >= 11 is 1.28. The zero-order valence-corrected chi connectivity index (χ0v) is 18.9. The largest absolute Gasteiger partial charge is 0.493 e. The van der Waals surface area contributed by atoms with Gasteiger partial charge in [-0.1, -0.05) is 0 Å². The lowest BCUT2D eigenvalue weighted by atomic mass is 10.0. The molecule has 160 valence electrons. The highest BCUT2D eigenvalue weighted by molar-refractivity contribution is 7.52. The Labute approximate surface area is 178 Å². The third-order valence-electron chi connectivity index (χ3n) is 4.25.